The van der Waals surface area contributed by atoms with Crippen molar-refractivity contribution in [2.24, 2.45) is 0 Å². The molecule has 3 aromatic rings. The van der Waals surface area contributed by atoms with Crippen LogP contribution in [0.5, 0.6) is 5.75 Å². The Morgan fingerprint density at radius 2 is 2.03 bits per heavy atom. The fourth-order valence-electron chi connectivity index (χ4n) is 2.66. The largest absolute Gasteiger partial charge is 0.482 e. The van der Waals surface area contributed by atoms with E-state index in [1.807, 2.05) is 26.0 Å². The van der Waals surface area contributed by atoms with Crippen molar-refractivity contribution in [1.82, 2.24) is 14.8 Å². The fraction of sp³-hybridized carbons (Fsp3) is 0.400. The van der Waals surface area contributed by atoms with Crippen LogP contribution in [0.1, 0.15) is 52.1 Å². The maximum Gasteiger partial charge on any atom is 0.308 e. The first kappa shape index (κ1) is 24.6. The highest BCUT2D eigenvalue weighted by molar-refractivity contribution is 7.16. The van der Waals surface area contributed by atoms with Gasteiger partial charge in [0, 0.05) is 12.6 Å². The number of aromatic nitrogens is 3. The molecule has 1 atom stereocenters. The molecule has 0 saturated heterocycles. The van der Waals surface area contributed by atoms with Crippen LogP contribution in [0.15, 0.2) is 29.1 Å². The first-order valence-corrected chi connectivity index (χ1v) is 9.60. The van der Waals surface area contributed by atoms with Gasteiger partial charge in [0.1, 0.15) is 17.5 Å². The van der Waals surface area contributed by atoms with Gasteiger partial charge in [0.2, 0.25) is 0 Å². The number of ether oxygens (including phenoxy) is 1. The summed E-state index contributed by atoms with van der Waals surface area (Å²) in [7, 11) is 0. The molecule has 1 aromatic carbocycles. The number of carbonyl (C=O) groups is 1. The van der Waals surface area contributed by atoms with Gasteiger partial charge in [-0.1, -0.05) is 44.7 Å². The number of hydrogen-bond acceptors (Lipinski definition) is 6. The third-order valence-corrected chi connectivity index (χ3v) is 5.30. The summed E-state index contributed by atoms with van der Waals surface area (Å²) < 4.78 is 8.16. The molecule has 0 radical (unpaired) electrons. The zero-order valence-electron chi connectivity index (χ0n) is 14.8. The van der Waals surface area contributed by atoms with Crippen molar-refractivity contribution in [3.8, 4) is 5.75 Å². The summed E-state index contributed by atoms with van der Waals surface area (Å²) in [6.07, 6.45) is 0.215. The lowest BCUT2D eigenvalue weighted by molar-refractivity contribution is -0.137. The van der Waals surface area contributed by atoms with Crippen molar-refractivity contribution in [1.29, 1.82) is 0 Å². The Morgan fingerprint density at radius 1 is 1.31 bits per heavy atom. The average molecular weight is 440 g/mol. The van der Waals surface area contributed by atoms with Crippen molar-refractivity contribution in [3.63, 3.8) is 0 Å². The maximum absolute atomic E-state index is 12.2. The molecule has 0 amide bonds. The second kappa shape index (κ2) is 10.4. The van der Waals surface area contributed by atoms with Gasteiger partial charge < -0.3 is 9.84 Å². The fourth-order valence-corrected chi connectivity index (χ4v) is 3.79. The smallest absolute Gasteiger partial charge is 0.308 e. The van der Waals surface area contributed by atoms with Crippen molar-refractivity contribution in [3.05, 3.63) is 50.3 Å². The van der Waals surface area contributed by atoms with Gasteiger partial charge in [0.15, 0.2) is 0 Å². The molecule has 3 rings (SSSR count). The molecule has 9 heteroatoms. The number of rotatable bonds is 7. The molecular weight excluding hydrogens is 414 g/mol. The van der Waals surface area contributed by atoms with Crippen molar-refractivity contribution in [2.45, 2.75) is 54.2 Å². The van der Waals surface area contributed by atoms with Crippen LogP contribution in [-0.4, -0.2) is 25.8 Å². The maximum atomic E-state index is 12.2. The van der Waals surface area contributed by atoms with E-state index in [2.05, 4.69) is 10.2 Å². The number of thiazole rings is 1. The SMILES string of the molecule is C.C.CC[C@@H](Oc1cc2sc(=O)n(CCC(=O)O)c2cc1Cl)c1ccc(C)nn1. The van der Waals surface area contributed by atoms with Crippen LogP contribution >= 0.6 is 22.9 Å². The molecule has 0 unspecified atom stereocenters. The number of halogens is 1. The summed E-state index contributed by atoms with van der Waals surface area (Å²) in [6, 6.07) is 7.09. The van der Waals surface area contributed by atoms with Crippen LogP contribution in [-0.2, 0) is 11.3 Å². The van der Waals surface area contributed by atoms with E-state index < -0.39 is 5.97 Å². The molecule has 0 bridgehead atoms. The summed E-state index contributed by atoms with van der Waals surface area (Å²) in [5, 5.41) is 17.4. The van der Waals surface area contributed by atoms with E-state index in [9.17, 15) is 9.59 Å². The van der Waals surface area contributed by atoms with Gasteiger partial charge >= 0.3 is 10.8 Å². The van der Waals surface area contributed by atoms with Crippen LogP contribution in [0.2, 0.25) is 5.02 Å². The van der Waals surface area contributed by atoms with E-state index in [4.69, 9.17) is 21.4 Å². The molecule has 29 heavy (non-hydrogen) atoms. The Kier molecular flexibility index (Phi) is 8.79. The minimum atomic E-state index is -0.961. The Hall–Kier alpha value is -2.45. The Morgan fingerprint density at radius 3 is 2.62 bits per heavy atom. The summed E-state index contributed by atoms with van der Waals surface area (Å²) >= 11 is 7.41. The zero-order valence-corrected chi connectivity index (χ0v) is 16.4. The van der Waals surface area contributed by atoms with Crippen LogP contribution < -0.4 is 9.61 Å². The molecule has 7 nitrogen and oxygen atoms in total. The Labute approximate surface area is 178 Å². The van der Waals surface area contributed by atoms with E-state index in [1.165, 1.54) is 4.57 Å². The number of benzene rings is 1. The quantitative estimate of drug-likeness (QED) is 0.550. The van der Waals surface area contributed by atoms with Gasteiger partial charge in [0.05, 0.1) is 27.4 Å². The average Bonchev–Trinajstić information content (AvgIpc) is 2.93. The van der Waals surface area contributed by atoms with Gasteiger partial charge in [-0.3, -0.25) is 14.2 Å². The van der Waals surface area contributed by atoms with E-state index in [-0.39, 0.29) is 38.8 Å². The highest BCUT2D eigenvalue weighted by Crippen LogP contribution is 2.35. The molecule has 0 fully saturated rings. The van der Waals surface area contributed by atoms with Gasteiger partial charge in [-0.15, -0.1) is 0 Å². The predicted octanol–water partition coefficient (Wildman–Crippen LogP) is 5.09. The topological polar surface area (TPSA) is 94.3 Å². The number of nitrogens with zero attached hydrogens (tertiary/aromatic N) is 3. The summed E-state index contributed by atoms with van der Waals surface area (Å²) in [5.74, 6) is -0.512. The van der Waals surface area contributed by atoms with Gasteiger partial charge in [-0.05, 0) is 31.5 Å². The first-order chi connectivity index (χ1) is 12.9. The Bertz CT molecular complexity index is 1030. The summed E-state index contributed by atoms with van der Waals surface area (Å²) in [4.78, 5) is 22.8. The molecule has 0 aliphatic carbocycles. The van der Waals surface area contributed by atoms with Gasteiger partial charge in [0.25, 0.3) is 0 Å². The number of aliphatic carboxylic acids is 1. The van der Waals surface area contributed by atoms with Gasteiger partial charge in [-0.25, -0.2) is 0 Å². The normalized spacial score (nSPS) is 11.4. The second-order valence-electron chi connectivity index (χ2n) is 6.03. The summed E-state index contributed by atoms with van der Waals surface area (Å²) in [6.45, 7) is 3.93. The number of carboxylic acids is 1. The number of aryl methyl sites for hydroxylation is 2. The first-order valence-electron chi connectivity index (χ1n) is 8.40. The molecule has 1 N–H and O–H groups in total. The minimum Gasteiger partial charge on any atom is -0.482 e. The molecule has 0 aliphatic rings. The highest BCUT2D eigenvalue weighted by Gasteiger charge is 2.18. The standard InChI is InChI=1S/C18H18ClN3O4S.2CH4/c1-3-14(12-5-4-10(2)20-21-12)26-15-9-16-13(8-11(15)19)22(18(25)27-16)7-6-17(23)24;;/h4-5,8-9,14H,3,6-7H2,1-2H3,(H,23,24);2*1H4/t14-;;/m1../s1. The number of carboxylic acid groups (broad SMARTS) is 1. The third kappa shape index (κ3) is 5.55. The molecule has 0 aliphatic heterocycles. The van der Waals surface area contributed by atoms with Crippen LogP contribution in [0, 0.1) is 6.92 Å². The van der Waals surface area contributed by atoms with Crippen LogP contribution in [0.4, 0.5) is 0 Å². The number of fused-ring (bicyclic) bond motifs is 1. The van der Waals surface area contributed by atoms with E-state index in [0.29, 0.717) is 33.1 Å². The van der Waals surface area contributed by atoms with Crippen LogP contribution in [0.3, 0.4) is 0 Å². The second-order valence-corrected chi connectivity index (χ2v) is 7.43. The van der Waals surface area contributed by atoms with E-state index >= 15 is 0 Å². The van der Waals surface area contributed by atoms with E-state index in [0.717, 1.165) is 17.0 Å². The lowest BCUT2D eigenvalue weighted by Crippen LogP contribution is -2.15. The van der Waals surface area contributed by atoms with Crippen molar-refractivity contribution in [2.75, 3.05) is 0 Å². The molecule has 158 valence electrons. The molecule has 0 spiro atoms. The molecule has 2 heterocycles. The lowest BCUT2D eigenvalue weighted by Gasteiger charge is -2.18. The highest BCUT2D eigenvalue weighted by atomic mass is 35.5. The summed E-state index contributed by atoms with van der Waals surface area (Å²) in [5.41, 5.74) is 2.12. The Balaban J connectivity index is 0.00000210. The lowest BCUT2D eigenvalue weighted by atomic mass is 10.2. The van der Waals surface area contributed by atoms with Crippen LogP contribution in [0.25, 0.3) is 10.2 Å². The molecule has 0 saturated carbocycles. The van der Waals surface area contributed by atoms with Gasteiger partial charge in [-0.2, -0.15) is 10.2 Å². The number of hydrogen-bond donors (Lipinski definition) is 1. The predicted molar refractivity (Wildman–Crippen MR) is 117 cm³/mol. The minimum absolute atomic E-state index is 0. The zero-order chi connectivity index (χ0) is 19.6. The third-order valence-electron chi connectivity index (χ3n) is 4.06. The van der Waals surface area contributed by atoms with Crippen molar-refractivity contribution < 1.29 is 14.6 Å². The van der Waals surface area contributed by atoms with Crippen molar-refractivity contribution >= 4 is 39.1 Å². The van der Waals surface area contributed by atoms with E-state index in [1.54, 1.807) is 12.1 Å². The molecular formula is C20H26ClN3O4S. The molecule has 2 aromatic heterocycles. The monoisotopic (exact) mass is 439 g/mol.